The van der Waals surface area contributed by atoms with Crippen molar-refractivity contribution in [3.05, 3.63) is 46.8 Å². The molecule has 23 heavy (non-hydrogen) atoms. The molecule has 0 spiro atoms. The lowest BCUT2D eigenvalue weighted by atomic mass is 10.1. The number of nitrogens with one attached hydrogen (secondary N) is 1. The average Bonchev–Trinajstić information content (AvgIpc) is 2.93. The van der Waals surface area contributed by atoms with E-state index in [-0.39, 0.29) is 5.91 Å². The number of nitrogens with zero attached hydrogens (tertiary/aromatic N) is 2. The molecule has 0 fully saturated rings. The van der Waals surface area contributed by atoms with Crippen LogP contribution in [0.1, 0.15) is 35.9 Å². The van der Waals surface area contributed by atoms with Crippen molar-refractivity contribution in [2.45, 2.75) is 46.1 Å². The van der Waals surface area contributed by atoms with Gasteiger partial charge in [0.05, 0.1) is 0 Å². The first kappa shape index (κ1) is 15.5. The average molecular weight is 311 g/mol. The Morgan fingerprint density at radius 3 is 2.57 bits per heavy atom. The van der Waals surface area contributed by atoms with Crippen LogP contribution < -0.4 is 10.1 Å². The van der Waals surface area contributed by atoms with Crippen molar-refractivity contribution in [2.75, 3.05) is 5.32 Å². The molecule has 1 unspecified atom stereocenters. The van der Waals surface area contributed by atoms with Crippen molar-refractivity contribution >= 4 is 11.9 Å². The van der Waals surface area contributed by atoms with Gasteiger partial charge in [-0.1, -0.05) is 6.07 Å². The summed E-state index contributed by atoms with van der Waals surface area (Å²) in [5.74, 6) is 0.794. The Morgan fingerprint density at radius 1 is 1.13 bits per heavy atom. The van der Waals surface area contributed by atoms with Crippen molar-refractivity contribution in [2.24, 2.45) is 0 Å². The quantitative estimate of drug-likeness (QED) is 0.943. The zero-order chi connectivity index (χ0) is 16.4. The van der Waals surface area contributed by atoms with Crippen LogP contribution in [0, 0.1) is 13.8 Å². The van der Waals surface area contributed by atoms with Gasteiger partial charge in [0.15, 0.2) is 6.10 Å². The van der Waals surface area contributed by atoms with E-state index in [2.05, 4.69) is 21.4 Å². The number of benzene rings is 1. The van der Waals surface area contributed by atoms with Crippen LogP contribution in [0.15, 0.2) is 24.3 Å². The second kappa shape index (κ2) is 6.36. The van der Waals surface area contributed by atoms with E-state index >= 15 is 0 Å². The number of hydrogen-bond acceptors (Lipinski definition) is 4. The third kappa shape index (κ3) is 3.67. The van der Waals surface area contributed by atoms with Crippen LogP contribution in [0.2, 0.25) is 0 Å². The molecule has 120 valence electrons. The molecular weight excluding hydrogens is 290 g/mol. The molecule has 0 bridgehead atoms. The molecule has 0 saturated heterocycles. The van der Waals surface area contributed by atoms with Gasteiger partial charge >= 0.3 is 0 Å². The van der Waals surface area contributed by atoms with Crippen LogP contribution in [0.4, 0.5) is 5.95 Å². The van der Waals surface area contributed by atoms with Crippen molar-refractivity contribution in [3.63, 3.8) is 0 Å². The van der Waals surface area contributed by atoms with E-state index in [0.29, 0.717) is 5.95 Å². The van der Waals surface area contributed by atoms with Gasteiger partial charge in [-0.3, -0.25) is 10.1 Å². The van der Waals surface area contributed by atoms with Crippen LogP contribution in [0.5, 0.6) is 5.75 Å². The van der Waals surface area contributed by atoms with E-state index in [1.54, 1.807) is 6.92 Å². The molecule has 5 heteroatoms. The lowest BCUT2D eigenvalue weighted by Gasteiger charge is -2.15. The van der Waals surface area contributed by atoms with Crippen LogP contribution in [-0.2, 0) is 17.6 Å². The molecule has 1 amide bonds. The first-order chi connectivity index (χ1) is 11.0. The van der Waals surface area contributed by atoms with Crippen LogP contribution in [0.25, 0.3) is 0 Å². The number of hydrogen-bond donors (Lipinski definition) is 1. The summed E-state index contributed by atoms with van der Waals surface area (Å²) in [4.78, 5) is 20.7. The lowest BCUT2D eigenvalue weighted by molar-refractivity contribution is -0.122. The number of rotatable bonds is 4. The highest BCUT2D eigenvalue weighted by Gasteiger charge is 2.18. The zero-order valence-corrected chi connectivity index (χ0v) is 13.7. The number of fused-ring (bicyclic) bond motifs is 1. The maximum Gasteiger partial charge on any atom is 0.267 e. The summed E-state index contributed by atoms with van der Waals surface area (Å²) >= 11 is 0. The number of aryl methyl sites for hydroxylation is 4. The standard InChI is InChI=1S/C18H21N3O2/c1-11-9-12(2)20-18(19-11)21-17(22)13(3)23-16-8-7-14-5-4-6-15(14)10-16/h7-10,13H,4-6H2,1-3H3,(H,19,20,21,22). The first-order valence-corrected chi connectivity index (χ1v) is 7.93. The normalized spacial score (nSPS) is 14.2. The molecule has 1 heterocycles. The molecular formula is C18H21N3O2. The number of amides is 1. The summed E-state index contributed by atoms with van der Waals surface area (Å²) in [6.45, 7) is 5.47. The summed E-state index contributed by atoms with van der Waals surface area (Å²) in [7, 11) is 0. The highest BCUT2D eigenvalue weighted by Crippen LogP contribution is 2.26. The molecule has 1 aliphatic rings. The number of anilines is 1. The molecule has 3 rings (SSSR count). The summed E-state index contributed by atoms with van der Waals surface area (Å²) < 4.78 is 5.77. The molecule has 5 nitrogen and oxygen atoms in total. The predicted octanol–water partition coefficient (Wildman–Crippen LogP) is 2.99. The van der Waals surface area contributed by atoms with Crippen LogP contribution >= 0.6 is 0 Å². The summed E-state index contributed by atoms with van der Waals surface area (Å²) in [5.41, 5.74) is 4.35. The first-order valence-electron chi connectivity index (χ1n) is 7.93. The van der Waals surface area contributed by atoms with E-state index in [0.717, 1.165) is 30.0 Å². The van der Waals surface area contributed by atoms with E-state index in [4.69, 9.17) is 4.74 Å². The maximum atomic E-state index is 12.3. The van der Waals surface area contributed by atoms with Crippen LogP contribution in [-0.4, -0.2) is 22.0 Å². The van der Waals surface area contributed by atoms with Gasteiger partial charge < -0.3 is 4.74 Å². The van der Waals surface area contributed by atoms with E-state index < -0.39 is 6.10 Å². The second-order valence-electron chi connectivity index (χ2n) is 6.01. The third-order valence-electron chi connectivity index (χ3n) is 3.97. The maximum absolute atomic E-state index is 12.3. The molecule has 2 aromatic rings. The summed E-state index contributed by atoms with van der Waals surface area (Å²) in [5, 5.41) is 2.71. The SMILES string of the molecule is Cc1cc(C)nc(NC(=O)C(C)Oc2ccc3c(c2)CCC3)n1. The van der Waals surface area contributed by atoms with Gasteiger partial charge in [0.1, 0.15) is 5.75 Å². The molecule has 1 aromatic heterocycles. The van der Waals surface area contributed by atoms with E-state index in [1.165, 1.54) is 17.5 Å². The highest BCUT2D eigenvalue weighted by molar-refractivity contribution is 5.92. The number of carbonyl (C=O) groups is 1. The Bertz CT molecular complexity index is 723. The van der Waals surface area contributed by atoms with Gasteiger partial charge in [-0.2, -0.15) is 0 Å². The molecule has 1 aliphatic carbocycles. The van der Waals surface area contributed by atoms with Gasteiger partial charge in [0.2, 0.25) is 5.95 Å². The topological polar surface area (TPSA) is 64.1 Å². The zero-order valence-electron chi connectivity index (χ0n) is 13.7. The summed E-state index contributed by atoms with van der Waals surface area (Å²) in [6, 6.07) is 7.93. The monoisotopic (exact) mass is 311 g/mol. The van der Waals surface area contributed by atoms with Gasteiger partial charge in [-0.25, -0.2) is 9.97 Å². The Labute approximate surface area is 136 Å². The lowest BCUT2D eigenvalue weighted by Crippen LogP contribution is -2.31. The number of aromatic nitrogens is 2. The smallest absolute Gasteiger partial charge is 0.267 e. The van der Waals surface area contributed by atoms with E-state index in [9.17, 15) is 4.79 Å². The van der Waals surface area contributed by atoms with Gasteiger partial charge in [-0.15, -0.1) is 0 Å². The van der Waals surface area contributed by atoms with Crippen molar-refractivity contribution in [1.82, 2.24) is 9.97 Å². The molecule has 1 N–H and O–H groups in total. The molecule has 1 aromatic carbocycles. The Kier molecular flexibility index (Phi) is 4.28. The second-order valence-corrected chi connectivity index (χ2v) is 6.01. The van der Waals surface area contributed by atoms with Crippen molar-refractivity contribution < 1.29 is 9.53 Å². The minimum Gasteiger partial charge on any atom is -0.481 e. The fourth-order valence-corrected chi connectivity index (χ4v) is 2.87. The molecule has 1 atom stereocenters. The third-order valence-corrected chi connectivity index (χ3v) is 3.97. The Hall–Kier alpha value is -2.43. The highest BCUT2D eigenvalue weighted by atomic mass is 16.5. The van der Waals surface area contributed by atoms with E-state index in [1.807, 2.05) is 32.0 Å². The molecule has 0 saturated carbocycles. The number of ether oxygens (including phenoxy) is 1. The minimum atomic E-state index is -0.612. The Morgan fingerprint density at radius 2 is 1.83 bits per heavy atom. The molecule has 0 radical (unpaired) electrons. The largest absolute Gasteiger partial charge is 0.481 e. The van der Waals surface area contributed by atoms with Gasteiger partial charge in [0, 0.05) is 11.4 Å². The fraction of sp³-hybridized carbons (Fsp3) is 0.389. The fourth-order valence-electron chi connectivity index (χ4n) is 2.87. The van der Waals surface area contributed by atoms with Crippen molar-refractivity contribution in [3.8, 4) is 5.75 Å². The number of carbonyl (C=O) groups excluding carboxylic acids is 1. The van der Waals surface area contributed by atoms with Crippen molar-refractivity contribution in [1.29, 1.82) is 0 Å². The minimum absolute atomic E-state index is 0.254. The summed E-state index contributed by atoms with van der Waals surface area (Å²) in [6.07, 6.45) is 2.80. The molecule has 0 aliphatic heterocycles. The Balaban J connectivity index is 1.65. The van der Waals surface area contributed by atoms with Crippen LogP contribution in [0.3, 0.4) is 0 Å². The van der Waals surface area contributed by atoms with Gasteiger partial charge in [-0.05, 0) is 69.4 Å². The predicted molar refractivity (Wildman–Crippen MR) is 88.7 cm³/mol. The van der Waals surface area contributed by atoms with Gasteiger partial charge in [0.25, 0.3) is 5.91 Å².